The van der Waals surface area contributed by atoms with Gasteiger partial charge in [0.15, 0.2) is 0 Å². The zero-order valence-electron chi connectivity index (χ0n) is 9.69. The molecule has 3 N–H and O–H groups in total. The Morgan fingerprint density at radius 3 is 2.44 bits per heavy atom. The number of amides is 1. The van der Waals surface area contributed by atoms with Crippen molar-refractivity contribution in [3.63, 3.8) is 0 Å². The van der Waals surface area contributed by atoms with Crippen LogP contribution in [0.25, 0.3) is 0 Å². The first kappa shape index (κ1) is 12.9. The number of nitrogen functional groups attached to an aromatic ring is 1. The van der Waals surface area contributed by atoms with Gasteiger partial charge in [0, 0.05) is 15.8 Å². The van der Waals surface area contributed by atoms with E-state index < -0.39 is 0 Å². The molecule has 0 aliphatic heterocycles. The summed E-state index contributed by atoms with van der Waals surface area (Å²) in [5.41, 5.74) is 8.06. The van der Waals surface area contributed by atoms with E-state index in [1.807, 2.05) is 48.5 Å². The second kappa shape index (κ2) is 5.86. The molecule has 0 atom stereocenters. The van der Waals surface area contributed by atoms with Crippen LogP contribution in [0.15, 0.2) is 48.5 Å². The van der Waals surface area contributed by atoms with Gasteiger partial charge < -0.3 is 11.1 Å². The van der Waals surface area contributed by atoms with Crippen molar-refractivity contribution < 1.29 is 4.79 Å². The van der Waals surface area contributed by atoms with E-state index in [-0.39, 0.29) is 5.91 Å². The van der Waals surface area contributed by atoms with Gasteiger partial charge in [-0.2, -0.15) is 0 Å². The smallest absolute Gasteiger partial charge is 0.252 e. The molecule has 4 heteroatoms. The van der Waals surface area contributed by atoms with E-state index in [0.717, 1.165) is 14.8 Å². The molecule has 0 unspecified atom stereocenters. The standard InChI is InChI=1S/C14H13IN2O/c15-13-4-2-1-3-12(13)14(18)17-9-10-5-7-11(16)8-6-10/h1-8H,9,16H2,(H,17,18). The maximum Gasteiger partial charge on any atom is 0.252 e. The van der Waals surface area contributed by atoms with Crippen LogP contribution in [0.4, 0.5) is 5.69 Å². The lowest BCUT2D eigenvalue weighted by atomic mass is 10.2. The first-order chi connectivity index (χ1) is 8.66. The minimum Gasteiger partial charge on any atom is -0.399 e. The van der Waals surface area contributed by atoms with E-state index in [0.29, 0.717) is 12.1 Å². The van der Waals surface area contributed by atoms with Gasteiger partial charge >= 0.3 is 0 Å². The van der Waals surface area contributed by atoms with Crippen LogP contribution in [0.2, 0.25) is 0 Å². The molecule has 0 fully saturated rings. The molecule has 0 bridgehead atoms. The van der Waals surface area contributed by atoms with Crippen LogP contribution in [0.5, 0.6) is 0 Å². The number of rotatable bonds is 3. The summed E-state index contributed by atoms with van der Waals surface area (Å²) in [5, 5.41) is 2.89. The lowest BCUT2D eigenvalue weighted by Crippen LogP contribution is -2.23. The second-order valence-electron chi connectivity index (χ2n) is 3.90. The van der Waals surface area contributed by atoms with Crippen LogP contribution in [0, 0.1) is 3.57 Å². The van der Waals surface area contributed by atoms with Gasteiger partial charge in [-0.05, 0) is 52.4 Å². The highest BCUT2D eigenvalue weighted by Crippen LogP contribution is 2.11. The molecular weight excluding hydrogens is 339 g/mol. The molecule has 0 spiro atoms. The molecule has 1 amide bonds. The molecule has 0 aliphatic rings. The molecule has 0 aromatic heterocycles. The van der Waals surface area contributed by atoms with Crippen molar-refractivity contribution in [1.29, 1.82) is 0 Å². The maximum absolute atomic E-state index is 12.0. The molecular formula is C14H13IN2O. The number of hydrogen-bond acceptors (Lipinski definition) is 2. The molecule has 0 heterocycles. The zero-order valence-corrected chi connectivity index (χ0v) is 11.8. The first-order valence-electron chi connectivity index (χ1n) is 5.54. The number of carbonyl (C=O) groups is 1. The molecule has 2 aromatic rings. The highest BCUT2D eigenvalue weighted by Gasteiger charge is 2.08. The minimum absolute atomic E-state index is 0.0585. The number of benzene rings is 2. The quantitative estimate of drug-likeness (QED) is 0.659. The van der Waals surface area contributed by atoms with Gasteiger partial charge in [0.1, 0.15) is 0 Å². The fraction of sp³-hybridized carbons (Fsp3) is 0.0714. The van der Waals surface area contributed by atoms with Gasteiger partial charge in [0.05, 0.1) is 5.56 Å². The highest BCUT2D eigenvalue weighted by molar-refractivity contribution is 14.1. The van der Waals surface area contributed by atoms with Crippen molar-refractivity contribution in [1.82, 2.24) is 5.32 Å². The molecule has 0 radical (unpaired) electrons. The summed E-state index contributed by atoms with van der Waals surface area (Å²) in [6, 6.07) is 15.0. The summed E-state index contributed by atoms with van der Waals surface area (Å²) in [6.07, 6.45) is 0. The Morgan fingerprint density at radius 1 is 1.11 bits per heavy atom. The fourth-order valence-corrected chi connectivity index (χ4v) is 2.19. The normalized spacial score (nSPS) is 10.1. The average Bonchev–Trinajstić information content (AvgIpc) is 2.38. The Kier molecular flexibility index (Phi) is 4.19. The fourth-order valence-electron chi connectivity index (χ4n) is 1.56. The summed E-state index contributed by atoms with van der Waals surface area (Å²) in [5.74, 6) is -0.0585. The monoisotopic (exact) mass is 352 g/mol. The van der Waals surface area contributed by atoms with Crippen molar-refractivity contribution in [2.24, 2.45) is 0 Å². The van der Waals surface area contributed by atoms with Gasteiger partial charge in [-0.1, -0.05) is 24.3 Å². The van der Waals surface area contributed by atoms with E-state index in [1.54, 1.807) is 0 Å². The van der Waals surface area contributed by atoms with Crippen LogP contribution >= 0.6 is 22.6 Å². The Hall–Kier alpha value is -1.56. The van der Waals surface area contributed by atoms with Crippen molar-refractivity contribution in [3.8, 4) is 0 Å². The van der Waals surface area contributed by atoms with Gasteiger partial charge in [0.2, 0.25) is 0 Å². The number of anilines is 1. The minimum atomic E-state index is -0.0585. The lowest BCUT2D eigenvalue weighted by molar-refractivity contribution is 0.0950. The summed E-state index contributed by atoms with van der Waals surface area (Å²) >= 11 is 2.16. The van der Waals surface area contributed by atoms with E-state index >= 15 is 0 Å². The highest BCUT2D eigenvalue weighted by atomic mass is 127. The van der Waals surface area contributed by atoms with Crippen LogP contribution in [0.1, 0.15) is 15.9 Å². The molecule has 0 saturated carbocycles. The average molecular weight is 352 g/mol. The Labute approximate surface area is 120 Å². The van der Waals surface area contributed by atoms with E-state index in [2.05, 4.69) is 27.9 Å². The molecule has 92 valence electrons. The molecule has 2 rings (SSSR count). The summed E-state index contributed by atoms with van der Waals surface area (Å²) in [7, 11) is 0. The maximum atomic E-state index is 12.0. The van der Waals surface area contributed by atoms with Crippen LogP contribution in [-0.2, 0) is 6.54 Å². The topological polar surface area (TPSA) is 55.1 Å². The number of carbonyl (C=O) groups excluding carboxylic acids is 1. The lowest BCUT2D eigenvalue weighted by Gasteiger charge is -2.07. The van der Waals surface area contributed by atoms with Gasteiger partial charge in [-0.15, -0.1) is 0 Å². The molecule has 18 heavy (non-hydrogen) atoms. The van der Waals surface area contributed by atoms with Crippen molar-refractivity contribution >= 4 is 34.2 Å². The number of halogens is 1. The third kappa shape index (κ3) is 3.22. The molecule has 0 aliphatic carbocycles. The van der Waals surface area contributed by atoms with Crippen molar-refractivity contribution in [2.45, 2.75) is 6.54 Å². The second-order valence-corrected chi connectivity index (χ2v) is 5.07. The summed E-state index contributed by atoms with van der Waals surface area (Å²) in [6.45, 7) is 0.504. The zero-order chi connectivity index (χ0) is 13.0. The van der Waals surface area contributed by atoms with Gasteiger partial charge in [-0.25, -0.2) is 0 Å². The number of nitrogens with two attached hydrogens (primary N) is 1. The van der Waals surface area contributed by atoms with Crippen LogP contribution < -0.4 is 11.1 Å². The summed E-state index contributed by atoms with van der Waals surface area (Å²) in [4.78, 5) is 12.0. The van der Waals surface area contributed by atoms with Gasteiger partial charge in [0.25, 0.3) is 5.91 Å². The Bertz CT molecular complexity index is 552. The SMILES string of the molecule is Nc1ccc(CNC(=O)c2ccccc2I)cc1. The van der Waals surface area contributed by atoms with Crippen molar-refractivity contribution in [2.75, 3.05) is 5.73 Å². The number of nitrogens with one attached hydrogen (secondary N) is 1. The predicted molar refractivity (Wildman–Crippen MR) is 81.2 cm³/mol. The summed E-state index contributed by atoms with van der Waals surface area (Å²) < 4.78 is 0.949. The van der Waals surface area contributed by atoms with Crippen LogP contribution in [0.3, 0.4) is 0 Å². The number of hydrogen-bond donors (Lipinski definition) is 2. The van der Waals surface area contributed by atoms with Gasteiger partial charge in [-0.3, -0.25) is 4.79 Å². The van der Waals surface area contributed by atoms with E-state index in [9.17, 15) is 4.79 Å². The molecule has 0 saturated heterocycles. The Morgan fingerprint density at radius 2 is 1.78 bits per heavy atom. The van der Waals surface area contributed by atoms with E-state index in [4.69, 9.17) is 5.73 Å². The third-order valence-electron chi connectivity index (χ3n) is 2.55. The predicted octanol–water partition coefficient (Wildman–Crippen LogP) is 2.80. The third-order valence-corrected chi connectivity index (χ3v) is 3.49. The Balaban J connectivity index is 2.01. The van der Waals surface area contributed by atoms with Crippen molar-refractivity contribution in [3.05, 3.63) is 63.2 Å². The molecule has 2 aromatic carbocycles. The van der Waals surface area contributed by atoms with E-state index in [1.165, 1.54) is 0 Å². The van der Waals surface area contributed by atoms with Crippen LogP contribution in [-0.4, -0.2) is 5.91 Å². The molecule has 3 nitrogen and oxygen atoms in total. The first-order valence-corrected chi connectivity index (χ1v) is 6.62. The largest absolute Gasteiger partial charge is 0.399 e.